The van der Waals surface area contributed by atoms with E-state index in [1.54, 1.807) is 6.07 Å². The molecule has 1 heterocycles. The fraction of sp³-hybridized carbons (Fsp3) is 0.333. The molecular weight excluding hydrogens is 450 g/mol. The van der Waals surface area contributed by atoms with Crippen molar-refractivity contribution in [2.75, 3.05) is 26.3 Å². The van der Waals surface area contributed by atoms with Gasteiger partial charge in [-0.25, -0.2) is 13.2 Å². The third-order valence-corrected chi connectivity index (χ3v) is 7.19. The summed E-state index contributed by atoms with van der Waals surface area (Å²) < 4.78 is 56.6. The minimum Gasteiger partial charge on any atom is -0.303 e. The first-order valence-corrected chi connectivity index (χ1v) is 12.4. The van der Waals surface area contributed by atoms with Gasteiger partial charge in [0.05, 0.1) is 6.67 Å². The third kappa shape index (κ3) is 5.06. The Bertz CT molecular complexity index is 1240. The summed E-state index contributed by atoms with van der Waals surface area (Å²) in [5.41, 5.74) is 5.10. The first kappa shape index (κ1) is 23.8. The van der Waals surface area contributed by atoms with E-state index in [2.05, 4.69) is 4.90 Å². The maximum absolute atomic E-state index is 15.7. The van der Waals surface area contributed by atoms with Gasteiger partial charge in [0.2, 0.25) is 0 Å². The van der Waals surface area contributed by atoms with Gasteiger partial charge in [-0.1, -0.05) is 36.4 Å². The fourth-order valence-corrected chi connectivity index (χ4v) is 5.53. The highest BCUT2D eigenvalue weighted by molar-refractivity contribution is 6.00. The zero-order valence-electron chi connectivity index (χ0n) is 19.7. The number of hydrogen-bond acceptors (Lipinski definition) is 1. The second kappa shape index (κ2) is 10.4. The minimum atomic E-state index is -0.629. The van der Waals surface area contributed by atoms with Gasteiger partial charge in [0, 0.05) is 36.8 Å². The maximum Gasteiger partial charge on any atom is 0.133 e. The number of rotatable bonds is 7. The Labute approximate surface area is 204 Å². The molecule has 35 heavy (non-hydrogen) atoms. The van der Waals surface area contributed by atoms with Crippen LogP contribution in [-0.2, 0) is 12.8 Å². The number of hydrogen-bond donors (Lipinski definition) is 0. The van der Waals surface area contributed by atoms with Crippen LogP contribution < -0.4 is 0 Å². The van der Waals surface area contributed by atoms with E-state index in [1.807, 2.05) is 36.4 Å². The quantitative estimate of drug-likeness (QED) is 0.323. The minimum absolute atomic E-state index is 0.295. The molecule has 0 radical (unpaired) electrons. The lowest BCUT2D eigenvalue weighted by molar-refractivity contribution is 0.0968. The van der Waals surface area contributed by atoms with Crippen molar-refractivity contribution >= 4 is 11.1 Å². The molecule has 0 bridgehead atoms. The lowest BCUT2D eigenvalue weighted by Crippen LogP contribution is -2.47. The number of halogens is 4. The van der Waals surface area contributed by atoms with Crippen LogP contribution in [0.5, 0.6) is 0 Å². The summed E-state index contributed by atoms with van der Waals surface area (Å²) in [6.45, 7) is 2.30. The second-order valence-corrected chi connectivity index (χ2v) is 9.67. The second-order valence-electron chi connectivity index (χ2n) is 9.67. The van der Waals surface area contributed by atoms with E-state index in [0.29, 0.717) is 41.0 Å². The fourth-order valence-electron chi connectivity index (χ4n) is 5.53. The number of alkyl halides is 1. The molecule has 1 aliphatic carbocycles. The predicted molar refractivity (Wildman–Crippen MR) is 132 cm³/mol. The molecule has 1 nitrogen and oxygen atoms in total. The molecule has 1 fully saturated rings. The molecule has 5 rings (SSSR count). The van der Waals surface area contributed by atoms with Crippen LogP contribution in [0.2, 0.25) is 0 Å². The molecule has 0 aromatic heterocycles. The molecule has 0 saturated carbocycles. The number of fused-ring (bicyclic) bond motifs is 1. The summed E-state index contributed by atoms with van der Waals surface area (Å²) in [4.78, 5) is 2.23. The molecule has 1 aliphatic heterocycles. The monoisotopic (exact) mass is 479 g/mol. The van der Waals surface area contributed by atoms with Gasteiger partial charge in [-0.05, 0) is 84.1 Å². The summed E-state index contributed by atoms with van der Waals surface area (Å²) in [6, 6.07) is 16.9. The highest BCUT2D eigenvalue weighted by Gasteiger charge is 2.27. The van der Waals surface area contributed by atoms with Crippen LogP contribution in [0.3, 0.4) is 0 Å². The zero-order valence-corrected chi connectivity index (χ0v) is 19.7. The average Bonchev–Trinajstić information content (AvgIpc) is 3.00. The van der Waals surface area contributed by atoms with Gasteiger partial charge in [0.15, 0.2) is 0 Å². The molecule has 3 aromatic rings. The normalized spacial score (nSPS) is 16.7. The third-order valence-electron chi connectivity index (χ3n) is 7.19. The van der Waals surface area contributed by atoms with Crippen LogP contribution >= 0.6 is 0 Å². The molecule has 0 amide bonds. The Kier molecular flexibility index (Phi) is 7.05. The van der Waals surface area contributed by atoms with E-state index in [-0.39, 0.29) is 12.5 Å². The van der Waals surface area contributed by atoms with Crippen molar-refractivity contribution in [2.24, 2.45) is 5.92 Å². The average molecular weight is 480 g/mol. The molecule has 2 aliphatic rings. The highest BCUT2D eigenvalue weighted by atomic mass is 19.1. The van der Waals surface area contributed by atoms with E-state index in [4.69, 9.17) is 0 Å². The topological polar surface area (TPSA) is 3.24 Å². The summed E-state index contributed by atoms with van der Waals surface area (Å²) in [7, 11) is 0. The highest BCUT2D eigenvalue weighted by Crippen LogP contribution is 2.41. The smallest absolute Gasteiger partial charge is 0.133 e. The number of likely N-dealkylation sites (tertiary alicyclic amines) is 1. The Morgan fingerprint density at radius 1 is 0.800 bits per heavy atom. The van der Waals surface area contributed by atoms with Crippen LogP contribution in [0.25, 0.3) is 11.1 Å². The lowest BCUT2D eigenvalue weighted by Gasteiger charge is -2.39. The van der Waals surface area contributed by atoms with Crippen LogP contribution in [0.15, 0.2) is 60.7 Å². The Balaban J connectivity index is 1.51. The summed E-state index contributed by atoms with van der Waals surface area (Å²) in [6.07, 6.45) is 3.52. The van der Waals surface area contributed by atoms with Crippen molar-refractivity contribution in [2.45, 2.75) is 32.1 Å². The standard InChI is InChI=1S/C30H29F4N/c31-13-4-14-35-18-21(19-35)15-20-9-11-27(28(33)16-20)30-24-7-2-1-5-22(24)6-3-8-26(30)25-12-10-23(32)17-29(25)34/h1-2,5,7,9-12,16-17,21H,3-4,6,8,13-15,18-19H2. The van der Waals surface area contributed by atoms with E-state index < -0.39 is 11.6 Å². The molecular formula is C30H29F4N. The van der Waals surface area contributed by atoms with E-state index in [1.165, 1.54) is 12.1 Å². The molecule has 3 aromatic carbocycles. The van der Waals surface area contributed by atoms with Gasteiger partial charge in [-0.15, -0.1) is 0 Å². The zero-order chi connectivity index (χ0) is 24.4. The molecule has 182 valence electrons. The van der Waals surface area contributed by atoms with Crippen molar-refractivity contribution < 1.29 is 17.6 Å². The first-order chi connectivity index (χ1) is 17.0. The Morgan fingerprint density at radius 3 is 2.34 bits per heavy atom. The maximum atomic E-state index is 15.7. The summed E-state index contributed by atoms with van der Waals surface area (Å²) in [5.74, 6) is -1.14. The van der Waals surface area contributed by atoms with E-state index in [9.17, 15) is 13.2 Å². The lowest BCUT2D eigenvalue weighted by atomic mass is 9.86. The van der Waals surface area contributed by atoms with E-state index >= 15 is 4.39 Å². The predicted octanol–water partition coefficient (Wildman–Crippen LogP) is 7.23. The van der Waals surface area contributed by atoms with E-state index in [0.717, 1.165) is 61.7 Å². The molecule has 5 heteroatoms. The summed E-state index contributed by atoms with van der Waals surface area (Å²) >= 11 is 0. The SMILES string of the molecule is FCCCN1CC(Cc2ccc(C3=C(c4ccc(F)cc4F)CCCc4ccccc43)c(F)c2)C1. The van der Waals surface area contributed by atoms with Crippen LogP contribution in [0.1, 0.15) is 47.1 Å². The summed E-state index contributed by atoms with van der Waals surface area (Å²) in [5, 5.41) is 0. The first-order valence-electron chi connectivity index (χ1n) is 12.4. The van der Waals surface area contributed by atoms with Gasteiger partial charge in [-0.2, -0.15) is 0 Å². The van der Waals surface area contributed by atoms with Crippen molar-refractivity contribution in [3.8, 4) is 0 Å². The van der Waals surface area contributed by atoms with Crippen LogP contribution in [0, 0.1) is 23.4 Å². The Hall–Kier alpha value is -2.92. The van der Waals surface area contributed by atoms with Gasteiger partial charge < -0.3 is 4.90 Å². The van der Waals surface area contributed by atoms with Crippen molar-refractivity contribution in [1.82, 2.24) is 4.90 Å². The number of allylic oxidation sites excluding steroid dienone is 1. The largest absolute Gasteiger partial charge is 0.303 e. The number of aryl methyl sites for hydroxylation is 1. The molecule has 0 unspecified atom stereocenters. The van der Waals surface area contributed by atoms with Crippen molar-refractivity contribution in [1.29, 1.82) is 0 Å². The molecule has 0 atom stereocenters. The van der Waals surface area contributed by atoms with Gasteiger partial charge >= 0.3 is 0 Å². The number of nitrogens with zero attached hydrogens (tertiary/aromatic N) is 1. The Morgan fingerprint density at radius 2 is 1.57 bits per heavy atom. The molecule has 1 saturated heterocycles. The van der Waals surface area contributed by atoms with Crippen LogP contribution in [-0.4, -0.2) is 31.2 Å². The van der Waals surface area contributed by atoms with Crippen LogP contribution in [0.4, 0.5) is 17.6 Å². The van der Waals surface area contributed by atoms with Crippen molar-refractivity contribution in [3.63, 3.8) is 0 Å². The van der Waals surface area contributed by atoms with Gasteiger partial charge in [0.1, 0.15) is 17.5 Å². The molecule has 0 spiro atoms. The van der Waals surface area contributed by atoms with Gasteiger partial charge in [0.25, 0.3) is 0 Å². The number of benzene rings is 3. The molecule has 0 N–H and O–H groups in total. The van der Waals surface area contributed by atoms with Gasteiger partial charge in [-0.3, -0.25) is 4.39 Å². The van der Waals surface area contributed by atoms with Crippen molar-refractivity contribution in [3.05, 3.63) is 106 Å².